The number of allylic oxidation sites excluding steroid dienone is 2. The molecular weight excluding hydrogens is 360 g/mol. The van der Waals surface area contributed by atoms with Crippen LogP contribution in [0.3, 0.4) is 0 Å². The van der Waals surface area contributed by atoms with E-state index < -0.39 is 10.8 Å². The van der Waals surface area contributed by atoms with Crippen LogP contribution in [0, 0.1) is 10.1 Å². The molecule has 1 heterocycles. The minimum Gasteiger partial charge on any atom is -0.493 e. The molecule has 0 saturated heterocycles. The third kappa shape index (κ3) is 2.89. The smallest absolute Gasteiger partial charge is 0.269 e. The average molecular weight is 380 g/mol. The minimum absolute atomic E-state index is 0.00321. The number of nitrogens with one attached hydrogen (secondary N) is 1. The number of rotatable bonds is 4. The predicted octanol–water partition coefficient (Wildman–Crippen LogP) is 4.18. The largest absolute Gasteiger partial charge is 0.493 e. The van der Waals surface area contributed by atoms with E-state index in [0.29, 0.717) is 29.1 Å². The number of anilines is 1. The Hall–Kier alpha value is -3.35. The van der Waals surface area contributed by atoms with E-state index in [1.165, 1.54) is 6.07 Å². The molecule has 0 aromatic heterocycles. The predicted molar refractivity (Wildman–Crippen MR) is 104 cm³/mol. The Morgan fingerprint density at radius 2 is 1.86 bits per heavy atom. The van der Waals surface area contributed by atoms with E-state index in [-0.39, 0.29) is 11.5 Å². The van der Waals surface area contributed by atoms with E-state index in [9.17, 15) is 14.9 Å². The summed E-state index contributed by atoms with van der Waals surface area (Å²) in [4.78, 5) is 23.7. The highest BCUT2D eigenvalue weighted by Gasteiger charge is 2.36. The van der Waals surface area contributed by atoms with Crippen LogP contribution in [0.25, 0.3) is 0 Å². The molecule has 2 aliphatic rings. The van der Waals surface area contributed by atoms with E-state index in [1.807, 2.05) is 18.2 Å². The van der Waals surface area contributed by atoms with Gasteiger partial charge >= 0.3 is 0 Å². The topological polar surface area (TPSA) is 90.7 Å². The number of ketones is 1. The SMILES string of the molecule is COc1cc2c(cc1OC)C(c1cccc([N+](=O)[O-])c1)C1=C(CCCC1=O)N2. The van der Waals surface area contributed by atoms with Gasteiger partial charge in [-0.3, -0.25) is 14.9 Å². The molecular formula is C21H20N2O5. The van der Waals surface area contributed by atoms with Gasteiger partial charge in [0.2, 0.25) is 0 Å². The number of fused-ring (bicyclic) bond motifs is 1. The molecule has 0 bridgehead atoms. The van der Waals surface area contributed by atoms with Crippen LogP contribution in [0.15, 0.2) is 47.7 Å². The summed E-state index contributed by atoms with van der Waals surface area (Å²) in [5, 5.41) is 14.7. The third-order valence-electron chi connectivity index (χ3n) is 5.31. The second-order valence-corrected chi connectivity index (χ2v) is 6.87. The van der Waals surface area contributed by atoms with Crippen molar-refractivity contribution in [3.63, 3.8) is 0 Å². The number of nitro benzene ring substituents is 1. The molecule has 0 amide bonds. The maximum absolute atomic E-state index is 12.8. The van der Waals surface area contributed by atoms with Gasteiger partial charge in [-0.05, 0) is 30.0 Å². The lowest BCUT2D eigenvalue weighted by Crippen LogP contribution is -2.27. The molecule has 144 valence electrons. The number of ether oxygens (including phenoxy) is 2. The van der Waals surface area contributed by atoms with Crippen molar-refractivity contribution in [1.29, 1.82) is 0 Å². The highest BCUT2D eigenvalue weighted by atomic mass is 16.6. The highest BCUT2D eigenvalue weighted by Crippen LogP contribution is 2.48. The van der Waals surface area contributed by atoms with Crippen molar-refractivity contribution in [1.82, 2.24) is 0 Å². The summed E-state index contributed by atoms with van der Waals surface area (Å²) in [5.74, 6) is 0.813. The van der Waals surface area contributed by atoms with Crippen molar-refractivity contribution in [3.05, 3.63) is 68.9 Å². The van der Waals surface area contributed by atoms with Crippen molar-refractivity contribution in [2.75, 3.05) is 19.5 Å². The molecule has 7 nitrogen and oxygen atoms in total. The Kier molecular flexibility index (Phi) is 4.50. The van der Waals surface area contributed by atoms with Crippen LogP contribution < -0.4 is 14.8 Å². The molecule has 0 fully saturated rings. The number of benzene rings is 2. The average Bonchev–Trinajstić information content (AvgIpc) is 2.71. The number of hydrogen-bond acceptors (Lipinski definition) is 6. The molecule has 1 atom stereocenters. The number of methoxy groups -OCH3 is 2. The first kappa shape index (κ1) is 18.0. The zero-order chi connectivity index (χ0) is 19.8. The van der Waals surface area contributed by atoms with Gasteiger partial charge < -0.3 is 14.8 Å². The zero-order valence-corrected chi connectivity index (χ0v) is 15.7. The van der Waals surface area contributed by atoms with Crippen LogP contribution in [0.5, 0.6) is 11.5 Å². The van der Waals surface area contributed by atoms with Gasteiger partial charge in [-0.15, -0.1) is 0 Å². The number of non-ortho nitro benzene ring substituents is 1. The fourth-order valence-electron chi connectivity index (χ4n) is 4.05. The second-order valence-electron chi connectivity index (χ2n) is 6.87. The molecule has 7 heteroatoms. The van der Waals surface area contributed by atoms with Gasteiger partial charge in [0, 0.05) is 47.5 Å². The van der Waals surface area contributed by atoms with Gasteiger partial charge in [0.1, 0.15) is 0 Å². The molecule has 0 saturated carbocycles. The van der Waals surface area contributed by atoms with E-state index in [0.717, 1.165) is 29.8 Å². The molecule has 1 N–H and O–H groups in total. The molecule has 0 spiro atoms. The molecule has 4 rings (SSSR count). The lowest BCUT2D eigenvalue weighted by molar-refractivity contribution is -0.384. The van der Waals surface area contributed by atoms with Crippen LogP contribution in [0.4, 0.5) is 11.4 Å². The Morgan fingerprint density at radius 1 is 1.11 bits per heavy atom. The maximum Gasteiger partial charge on any atom is 0.269 e. The normalized spacial score (nSPS) is 18.1. The molecule has 1 unspecified atom stereocenters. The summed E-state index contributed by atoms with van der Waals surface area (Å²) in [6, 6.07) is 10.2. The Morgan fingerprint density at radius 3 is 2.57 bits per heavy atom. The molecule has 28 heavy (non-hydrogen) atoms. The number of nitro groups is 1. The van der Waals surface area contributed by atoms with Crippen molar-refractivity contribution in [2.24, 2.45) is 0 Å². The van der Waals surface area contributed by atoms with E-state index in [1.54, 1.807) is 26.4 Å². The first-order chi connectivity index (χ1) is 13.5. The third-order valence-corrected chi connectivity index (χ3v) is 5.31. The van der Waals surface area contributed by atoms with Gasteiger partial charge in [0.05, 0.1) is 19.1 Å². The first-order valence-electron chi connectivity index (χ1n) is 9.07. The van der Waals surface area contributed by atoms with Crippen molar-refractivity contribution in [3.8, 4) is 11.5 Å². The van der Waals surface area contributed by atoms with Crippen molar-refractivity contribution < 1.29 is 19.2 Å². The van der Waals surface area contributed by atoms with Crippen LogP contribution in [0.1, 0.15) is 36.3 Å². The first-order valence-corrected chi connectivity index (χ1v) is 9.07. The van der Waals surface area contributed by atoms with Gasteiger partial charge in [0.25, 0.3) is 5.69 Å². The zero-order valence-electron chi connectivity index (χ0n) is 15.7. The monoisotopic (exact) mass is 380 g/mol. The molecule has 1 aliphatic carbocycles. The summed E-state index contributed by atoms with van der Waals surface area (Å²) in [6.07, 6.45) is 2.03. The fourth-order valence-corrected chi connectivity index (χ4v) is 4.05. The number of carbonyl (C=O) groups excluding carboxylic acids is 1. The Labute approximate surface area is 162 Å². The summed E-state index contributed by atoms with van der Waals surface area (Å²) in [5.41, 5.74) is 3.95. The molecule has 2 aromatic rings. The number of Topliss-reactive ketones (excluding diaryl/α,β-unsaturated/α-hetero) is 1. The summed E-state index contributed by atoms with van der Waals surface area (Å²) in [6.45, 7) is 0. The van der Waals surface area contributed by atoms with Gasteiger partial charge in [-0.1, -0.05) is 12.1 Å². The van der Waals surface area contributed by atoms with E-state index in [2.05, 4.69) is 5.32 Å². The standard InChI is InChI=1S/C21H20N2O5/c1-27-18-10-14-16(11-19(18)28-2)22-15-7-4-8-17(24)21(15)20(14)12-5-3-6-13(9-12)23(25)26/h3,5-6,9-11,20,22H,4,7-8H2,1-2H3. The lowest BCUT2D eigenvalue weighted by Gasteiger charge is -2.34. The maximum atomic E-state index is 12.8. The second kappa shape index (κ2) is 6.99. The minimum atomic E-state index is -0.419. The van der Waals surface area contributed by atoms with Crippen LogP contribution >= 0.6 is 0 Å². The highest BCUT2D eigenvalue weighted by molar-refractivity contribution is 6.01. The summed E-state index contributed by atoms with van der Waals surface area (Å²) < 4.78 is 10.9. The number of nitrogens with zero attached hydrogens (tertiary/aromatic N) is 1. The van der Waals surface area contributed by atoms with Crippen LogP contribution in [-0.2, 0) is 4.79 Å². The summed E-state index contributed by atoms with van der Waals surface area (Å²) >= 11 is 0. The van der Waals surface area contributed by atoms with Crippen LogP contribution in [-0.4, -0.2) is 24.9 Å². The van der Waals surface area contributed by atoms with Crippen LogP contribution in [0.2, 0.25) is 0 Å². The molecule has 2 aromatic carbocycles. The Balaban J connectivity index is 1.96. The quantitative estimate of drug-likeness (QED) is 0.632. The fraction of sp³-hybridized carbons (Fsp3) is 0.286. The van der Waals surface area contributed by atoms with Gasteiger partial charge in [-0.25, -0.2) is 0 Å². The van der Waals surface area contributed by atoms with E-state index in [4.69, 9.17) is 9.47 Å². The molecule has 1 aliphatic heterocycles. The number of hydrogen-bond donors (Lipinski definition) is 1. The lowest BCUT2D eigenvalue weighted by atomic mass is 9.75. The summed E-state index contributed by atoms with van der Waals surface area (Å²) in [7, 11) is 3.12. The molecule has 0 radical (unpaired) electrons. The number of carbonyl (C=O) groups is 1. The van der Waals surface area contributed by atoms with Crippen molar-refractivity contribution in [2.45, 2.75) is 25.2 Å². The van der Waals surface area contributed by atoms with Gasteiger partial charge in [0.15, 0.2) is 17.3 Å². The Bertz CT molecular complexity index is 1010. The van der Waals surface area contributed by atoms with Gasteiger partial charge in [-0.2, -0.15) is 0 Å². The van der Waals surface area contributed by atoms with E-state index >= 15 is 0 Å². The van der Waals surface area contributed by atoms with Crippen molar-refractivity contribution >= 4 is 17.2 Å².